The monoisotopic (exact) mass is 411 g/mol. The Morgan fingerprint density at radius 1 is 1.14 bits per heavy atom. The van der Waals surface area contributed by atoms with Crippen LogP contribution in [0.5, 0.6) is 0 Å². The van der Waals surface area contributed by atoms with Crippen LogP contribution in [0.3, 0.4) is 0 Å². The zero-order chi connectivity index (χ0) is 20.4. The van der Waals surface area contributed by atoms with Crippen LogP contribution in [0.25, 0.3) is 11.0 Å². The van der Waals surface area contributed by atoms with Crippen LogP contribution in [0, 0.1) is 6.92 Å². The number of amides is 1. The van der Waals surface area contributed by atoms with E-state index in [2.05, 4.69) is 34.3 Å². The van der Waals surface area contributed by atoms with Crippen molar-refractivity contribution in [2.75, 3.05) is 39.8 Å². The van der Waals surface area contributed by atoms with E-state index in [1.807, 2.05) is 31.2 Å². The molecule has 0 saturated carbocycles. The highest BCUT2D eigenvalue weighted by Crippen LogP contribution is 2.28. The van der Waals surface area contributed by atoms with E-state index in [1.54, 1.807) is 12.1 Å². The molecule has 0 bridgehead atoms. The van der Waals surface area contributed by atoms with Crippen molar-refractivity contribution >= 4 is 28.5 Å². The van der Waals surface area contributed by atoms with Gasteiger partial charge in [0.2, 0.25) is 0 Å². The molecule has 1 saturated heterocycles. The molecule has 152 valence electrons. The summed E-state index contributed by atoms with van der Waals surface area (Å²) in [7, 11) is 2.14. The minimum absolute atomic E-state index is 0.108. The van der Waals surface area contributed by atoms with Gasteiger partial charge < -0.3 is 14.6 Å². The van der Waals surface area contributed by atoms with Gasteiger partial charge in [0.05, 0.1) is 6.04 Å². The molecule has 0 radical (unpaired) electrons. The highest BCUT2D eigenvalue weighted by atomic mass is 35.5. The molecule has 1 aromatic heterocycles. The summed E-state index contributed by atoms with van der Waals surface area (Å²) in [5.74, 6) is 0.152. The largest absolute Gasteiger partial charge is 0.451 e. The normalized spacial score (nSPS) is 16.8. The van der Waals surface area contributed by atoms with Gasteiger partial charge >= 0.3 is 0 Å². The second-order valence-corrected chi connectivity index (χ2v) is 8.17. The number of piperazine rings is 1. The number of nitrogens with one attached hydrogen (secondary N) is 1. The Kier molecular flexibility index (Phi) is 5.90. The predicted octanol–water partition coefficient (Wildman–Crippen LogP) is 4.11. The Labute approximate surface area is 176 Å². The van der Waals surface area contributed by atoms with Crippen molar-refractivity contribution in [3.63, 3.8) is 0 Å². The lowest BCUT2D eigenvalue weighted by atomic mass is 10.1. The van der Waals surface area contributed by atoms with Gasteiger partial charge in [-0.25, -0.2) is 0 Å². The Morgan fingerprint density at radius 3 is 2.59 bits per heavy atom. The fraction of sp³-hybridized carbons (Fsp3) is 0.348. The van der Waals surface area contributed by atoms with Gasteiger partial charge in [0, 0.05) is 48.7 Å². The highest BCUT2D eigenvalue weighted by molar-refractivity contribution is 6.31. The Balaban J connectivity index is 1.57. The number of hydrogen-bond acceptors (Lipinski definition) is 4. The van der Waals surface area contributed by atoms with Gasteiger partial charge in [-0.15, -0.1) is 0 Å². The van der Waals surface area contributed by atoms with E-state index in [0.29, 0.717) is 16.4 Å². The lowest BCUT2D eigenvalue weighted by Crippen LogP contribution is -2.47. The molecule has 2 aromatic carbocycles. The van der Waals surface area contributed by atoms with Crippen LogP contribution in [0.2, 0.25) is 5.02 Å². The van der Waals surface area contributed by atoms with Crippen molar-refractivity contribution in [3.05, 3.63) is 70.4 Å². The maximum atomic E-state index is 13.1. The molecular formula is C23H26ClN3O2. The van der Waals surface area contributed by atoms with Gasteiger partial charge in [-0.2, -0.15) is 0 Å². The van der Waals surface area contributed by atoms with E-state index >= 15 is 0 Å². The van der Waals surface area contributed by atoms with Gasteiger partial charge in [-0.1, -0.05) is 41.9 Å². The van der Waals surface area contributed by atoms with Crippen LogP contribution in [0.1, 0.15) is 27.7 Å². The molecule has 1 unspecified atom stereocenters. The number of carbonyl (C=O) groups is 1. The standard InChI is InChI=1S/C23H26ClN3O2/c1-16-19-14-18(24)8-9-21(19)29-22(16)23(28)25-20(17-6-4-3-5-7-17)15-27-12-10-26(2)11-13-27/h3-9,14,20H,10-13,15H2,1-2H3,(H,25,28). The zero-order valence-electron chi connectivity index (χ0n) is 16.8. The number of likely N-dealkylation sites (N-methyl/N-ethyl adjacent to an activating group) is 1. The number of carbonyl (C=O) groups excluding carboxylic acids is 1. The summed E-state index contributed by atoms with van der Waals surface area (Å²) in [6.07, 6.45) is 0. The number of nitrogens with zero attached hydrogens (tertiary/aromatic N) is 2. The molecule has 1 amide bonds. The lowest BCUT2D eigenvalue weighted by Gasteiger charge is -2.35. The average molecular weight is 412 g/mol. The maximum absolute atomic E-state index is 13.1. The first kappa shape index (κ1) is 20.0. The van der Waals surface area contributed by atoms with E-state index in [-0.39, 0.29) is 11.9 Å². The minimum Gasteiger partial charge on any atom is -0.451 e. The lowest BCUT2D eigenvalue weighted by molar-refractivity contribution is 0.0881. The van der Waals surface area contributed by atoms with Crippen LogP contribution in [0.4, 0.5) is 0 Å². The summed E-state index contributed by atoms with van der Waals surface area (Å²) in [5, 5.41) is 4.71. The van der Waals surface area contributed by atoms with Gasteiger partial charge in [0.25, 0.3) is 5.91 Å². The van der Waals surface area contributed by atoms with Crippen LogP contribution in [0.15, 0.2) is 52.9 Å². The first-order valence-electron chi connectivity index (χ1n) is 9.96. The molecule has 3 aromatic rings. The van der Waals surface area contributed by atoms with Gasteiger partial charge in [0.1, 0.15) is 5.58 Å². The van der Waals surface area contributed by atoms with Gasteiger partial charge in [0.15, 0.2) is 5.76 Å². The van der Waals surface area contributed by atoms with Crippen LogP contribution >= 0.6 is 11.6 Å². The van der Waals surface area contributed by atoms with Crippen LogP contribution < -0.4 is 5.32 Å². The third-order valence-electron chi connectivity index (χ3n) is 5.65. The molecular weight excluding hydrogens is 386 g/mol. The van der Waals surface area contributed by atoms with E-state index in [9.17, 15) is 4.79 Å². The topological polar surface area (TPSA) is 48.7 Å². The number of halogens is 1. The van der Waals surface area contributed by atoms with E-state index in [4.69, 9.17) is 16.0 Å². The summed E-state index contributed by atoms with van der Waals surface area (Å²) in [6.45, 7) is 6.75. The van der Waals surface area contributed by atoms with Crippen molar-refractivity contribution < 1.29 is 9.21 Å². The van der Waals surface area contributed by atoms with Crippen molar-refractivity contribution in [3.8, 4) is 0 Å². The van der Waals surface area contributed by atoms with Crippen LogP contribution in [-0.4, -0.2) is 55.5 Å². The summed E-state index contributed by atoms with van der Waals surface area (Å²) >= 11 is 6.11. The molecule has 29 heavy (non-hydrogen) atoms. The Morgan fingerprint density at radius 2 is 1.86 bits per heavy atom. The summed E-state index contributed by atoms with van der Waals surface area (Å²) in [4.78, 5) is 17.9. The quantitative estimate of drug-likeness (QED) is 0.686. The SMILES string of the molecule is Cc1c(C(=O)NC(CN2CCN(C)CC2)c2ccccc2)oc2ccc(Cl)cc12. The summed E-state index contributed by atoms with van der Waals surface area (Å²) in [6, 6.07) is 15.4. The van der Waals surface area contributed by atoms with E-state index < -0.39 is 0 Å². The average Bonchev–Trinajstić information content (AvgIpc) is 3.06. The number of furan rings is 1. The van der Waals surface area contributed by atoms with Gasteiger partial charge in [-0.05, 0) is 37.7 Å². The van der Waals surface area contributed by atoms with Crippen molar-refractivity contribution in [1.29, 1.82) is 0 Å². The van der Waals surface area contributed by atoms with Crippen LogP contribution in [-0.2, 0) is 0 Å². The maximum Gasteiger partial charge on any atom is 0.287 e. The van der Waals surface area contributed by atoms with Crippen molar-refractivity contribution in [1.82, 2.24) is 15.1 Å². The van der Waals surface area contributed by atoms with E-state index in [1.165, 1.54) is 0 Å². The Hall–Kier alpha value is -2.34. The second kappa shape index (κ2) is 8.57. The molecule has 0 aliphatic carbocycles. The molecule has 1 fully saturated rings. The molecule has 1 aliphatic heterocycles. The molecule has 2 heterocycles. The number of benzene rings is 2. The number of fused-ring (bicyclic) bond motifs is 1. The first-order chi connectivity index (χ1) is 14.0. The highest BCUT2D eigenvalue weighted by Gasteiger charge is 2.24. The summed E-state index contributed by atoms with van der Waals surface area (Å²) < 4.78 is 5.87. The minimum atomic E-state index is -0.196. The molecule has 1 atom stereocenters. The fourth-order valence-corrected chi connectivity index (χ4v) is 4.01. The fourth-order valence-electron chi connectivity index (χ4n) is 3.84. The third-order valence-corrected chi connectivity index (χ3v) is 5.88. The molecule has 1 aliphatic rings. The Bertz CT molecular complexity index is 994. The molecule has 4 rings (SSSR count). The van der Waals surface area contributed by atoms with Crippen molar-refractivity contribution in [2.45, 2.75) is 13.0 Å². The summed E-state index contributed by atoms with van der Waals surface area (Å²) in [5.41, 5.74) is 2.58. The molecule has 1 N–H and O–H groups in total. The number of aryl methyl sites for hydroxylation is 1. The zero-order valence-corrected chi connectivity index (χ0v) is 17.6. The molecule has 0 spiro atoms. The smallest absolute Gasteiger partial charge is 0.287 e. The number of rotatable bonds is 5. The number of hydrogen-bond donors (Lipinski definition) is 1. The second-order valence-electron chi connectivity index (χ2n) is 7.74. The van der Waals surface area contributed by atoms with E-state index in [0.717, 1.165) is 49.2 Å². The first-order valence-corrected chi connectivity index (χ1v) is 10.3. The van der Waals surface area contributed by atoms with Gasteiger partial charge in [-0.3, -0.25) is 9.69 Å². The predicted molar refractivity (Wildman–Crippen MR) is 117 cm³/mol. The molecule has 5 nitrogen and oxygen atoms in total. The molecule has 6 heteroatoms. The third kappa shape index (κ3) is 4.47. The van der Waals surface area contributed by atoms with Crippen molar-refractivity contribution in [2.24, 2.45) is 0 Å².